The molecule has 6 heteroatoms. The fourth-order valence-corrected chi connectivity index (χ4v) is 2.44. The number of carboxylic acid groups (broad SMARTS) is 1. The van der Waals surface area contributed by atoms with Crippen LogP contribution in [-0.4, -0.2) is 52.8 Å². The summed E-state index contributed by atoms with van der Waals surface area (Å²) in [5.74, 6) is -1.49. The number of carbonyl (C=O) groups excluding carboxylic acids is 1. The molecule has 1 aromatic rings. The summed E-state index contributed by atoms with van der Waals surface area (Å²) in [7, 11) is 1.53. The summed E-state index contributed by atoms with van der Waals surface area (Å²) in [5.41, 5.74) is 1.11. The molecule has 0 saturated carbocycles. The summed E-state index contributed by atoms with van der Waals surface area (Å²) in [6.07, 6.45) is -0.734. The number of benzene rings is 1. The highest BCUT2D eigenvalue weighted by Crippen LogP contribution is 2.22. The second-order valence-electron chi connectivity index (χ2n) is 4.79. The topological polar surface area (TPSA) is 87.1 Å². The summed E-state index contributed by atoms with van der Waals surface area (Å²) in [6, 6.07) is 5.93. The van der Waals surface area contributed by atoms with Crippen LogP contribution in [-0.2, 0) is 16.1 Å². The van der Waals surface area contributed by atoms with Crippen LogP contribution in [0.25, 0.3) is 0 Å². The molecule has 1 fully saturated rings. The normalized spacial score (nSPS) is 22.0. The van der Waals surface area contributed by atoms with Crippen LogP contribution in [0.3, 0.4) is 0 Å². The number of likely N-dealkylation sites (tertiary alicyclic amines) is 1. The van der Waals surface area contributed by atoms with Crippen molar-refractivity contribution in [3.05, 3.63) is 35.4 Å². The average molecular weight is 279 g/mol. The van der Waals surface area contributed by atoms with E-state index in [4.69, 9.17) is 9.84 Å². The number of aliphatic carboxylic acids is 1. The maximum absolute atomic E-state index is 12.5. The van der Waals surface area contributed by atoms with Crippen LogP contribution in [0.4, 0.5) is 0 Å². The number of hydrogen-bond donors (Lipinski definition) is 2. The molecule has 1 heterocycles. The van der Waals surface area contributed by atoms with Gasteiger partial charge in [-0.05, 0) is 11.6 Å². The Morgan fingerprint density at radius 3 is 2.75 bits per heavy atom. The van der Waals surface area contributed by atoms with Gasteiger partial charge in [0.2, 0.25) is 0 Å². The largest absolute Gasteiger partial charge is 0.480 e. The fraction of sp³-hybridized carbons (Fsp3) is 0.429. The number of rotatable bonds is 4. The Labute approximate surface area is 116 Å². The van der Waals surface area contributed by atoms with Crippen LogP contribution in [0.5, 0.6) is 0 Å². The number of ether oxygens (including phenoxy) is 1. The predicted molar refractivity (Wildman–Crippen MR) is 70.2 cm³/mol. The van der Waals surface area contributed by atoms with Gasteiger partial charge in [-0.1, -0.05) is 18.2 Å². The minimum Gasteiger partial charge on any atom is -0.480 e. The average Bonchev–Trinajstić information content (AvgIpc) is 2.81. The zero-order chi connectivity index (χ0) is 14.7. The lowest BCUT2D eigenvalue weighted by atomic mass is 10.1. The third-order valence-corrected chi connectivity index (χ3v) is 3.37. The van der Waals surface area contributed by atoms with Gasteiger partial charge in [0.05, 0.1) is 12.7 Å². The first kappa shape index (κ1) is 14.5. The standard InChI is InChI=1S/C14H17NO5/c1-20-8-9-4-2-3-5-11(9)13(17)15-7-10(16)6-12(15)14(18)19/h2-5,10,12,16H,6-8H2,1H3,(H,18,19)/t10-,12-/m1/s1. The van der Waals surface area contributed by atoms with E-state index in [1.54, 1.807) is 24.3 Å². The summed E-state index contributed by atoms with van der Waals surface area (Å²) in [4.78, 5) is 24.9. The van der Waals surface area contributed by atoms with E-state index in [0.29, 0.717) is 11.1 Å². The van der Waals surface area contributed by atoms with Crippen molar-refractivity contribution >= 4 is 11.9 Å². The van der Waals surface area contributed by atoms with Crippen molar-refractivity contribution < 1.29 is 24.5 Å². The molecule has 2 N–H and O–H groups in total. The number of hydrogen-bond acceptors (Lipinski definition) is 4. The minimum absolute atomic E-state index is 0.0388. The van der Waals surface area contributed by atoms with Crippen molar-refractivity contribution in [2.75, 3.05) is 13.7 Å². The lowest BCUT2D eigenvalue weighted by Gasteiger charge is -2.22. The van der Waals surface area contributed by atoms with E-state index >= 15 is 0 Å². The van der Waals surface area contributed by atoms with Crippen molar-refractivity contribution in [3.63, 3.8) is 0 Å². The first-order chi connectivity index (χ1) is 9.54. The molecule has 0 aliphatic carbocycles. The summed E-state index contributed by atoms with van der Waals surface area (Å²) in [6.45, 7) is 0.313. The monoisotopic (exact) mass is 279 g/mol. The summed E-state index contributed by atoms with van der Waals surface area (Å²) in [5, 5.41) is 18.7. The third kappa shape index (κ3) is 2.81. The highest BCUT2D eigenvalue weighted by molar-refractivity contribution is 5.98. The Balaban J connectivity index is 2.29. The molecule has 2 rings (SSSR count). The Morgan fingerprint density at radius 2 is 2.10 bits per heavy atom. The fourth-order valence-electron chi connectivity index (χ4n) is 2.44. The second-order valence-corrected chi connectivity index (χ2v) is 4.79. The van der Waals surface area contributed by atoms with E-state index < -0.39 is 18.1 Å². The number of aliphatic hydroxyl groups is 1. The lowest BCUT2D eigenvalue weighted by molar-refractivity contribution is -0.141. The van der Waals surface area contributed by atoms with Gasteiger partial charge in [-0.2, -0.15) is 0 Å². The quantitative estimate of drug-likeness (QED) is 0.837. The molecule has 0 bridgehead atoms. The van der Waals surface area contributed by atoms with Gasteiger partial charge in [-0.15, -0.1) is 0 Å². The number of amides is 1. The van der Waals surface area contributed by atoms with Crippen molar-refractivity contribution in [1.82, 2.24) is 4.90 Å². The Morgan fingerprint density at radius 1 is 1.40 bits per heavy atom. The van der Waals surface area contributed by atoms with E-state index in [9.17, 15) is 14.7 Å². The molecule has 20 heavy (non-hydrogen) atoms. The molecule has 0 radical (unpaired) electrons. The molecule has 1 aromatic carbocycles. The summed E-state index contributed by atoms with van der Waals surface area (Å²) >= 11 is 0. The molecule has 0 spiro atoms. The molecule has 6 nitrogen and oxygen atoms in total. The first-order valence-electron chi connectivity index (χ1n) is 6.33. The number of nitrogens with zero attached hydrogens (tertiary/aromatic N) is 1. The van der Waals surface area contributed by atoms with Gasteiger partial charge in [-0.25, -0.2) is 4.79 Å². The summed E-state index contributed by atoms with van der Waals surface area (Å²) < 4.78 is 5.04. The Bertz CT molecular complexity index is 516. The molecule has 108 valence electrons. The van der Waals surface area contributed by atoms with Crippen LogP contribution in [0, 0.1) is 0 Å². The van der Waals surface area contributed by atoms with Gasteiger partial charge in [-0.3, -0.25) is 4.79 Å². The van der Waals surface area contributed by atoms with Crippen LogP contribution < -0.4 is 0 Å². The Kier molecular flexibility index (Phi) is 4.36. The van der Waals surface area contributed by atoms with Crippen molar-refractivity contribution in [2.45, 2.75) is 25.2 Å². The van der Waals surface area contributed by atoms with Gasteiger partial charge in [0.1, 0.15) is 6.04 Å². The number of β-amino-alcohol motifs (C(OH)–C–C–N with tert-alkyl or cyclic N) is 1. The van der Waals surface area contributed by atoms with Crippen LogP contribution >= 0.6 is 0 Å². The molecular weight excluding hydrogens is 262 g/mol. The smallest absolute Gasteiger partial charge is 0.326 e. The highest BCUT2D eigenvalue weighted by atomic mass is 16.5. The number of aliphatic hydroxyl groups excluding tert-OH is 1. The molecule has 0 unspecified atom stereocenters. The molecule has 1 aliphatic rings. The third-order valence-electron chi connectivity index (χ3n) is 3.37. The molecule has 0 aromatic heterocycles. The first-order valence-corrected chi connectivity index (χ1v) is 6.33. The van der Waals surface area contributed by atoms with Crippen LogP contribution in [0.2, 0.25) is 0 Å². The van der Waals surface area contributed by atoms with E-state index in [1.165, 1.54) is 12.0 Å². The zero-order valence-electron chi connectivity index (χ0n) is 11.2. The predicted octanol–water partition coefficient (Wildman–Crippen LogP) is 0.493. The van der Waals surface area contributed by atoms with Gasteiger partial charge in [0, 0.05) is 25.6 Å². The van der Waals surface area contributed by atoms with Gasteiger partial charge >= 0.3 is 5.97 Å². The van der Waals surface area contributed by atoms with Gasteiger partial charge in [0.15, 0.2) is 0 Å². The van der Waals surface area contributed by atoms with Crippen LogP contribution in [0.1, 0.15) is 22.3 Å². The van der Waals surface area contributed by atoms with E-state index in [2.05, 4.69) is 0 Å². The molecule has 1 aliphatic heterocycles. The van der Waals surface area contributed by atoms with Gasteiger partial charge in [0.25, 0.3) is 5.91 Å². The Hall–Kier alpha value is -1.92. The molecule has 1 saturated heterocycles. The van der Waals surface area contributed by atoms with E-state index in [0.717, 1.165) is 0 Å². The number of methoxy groups -OCH3 is 1. The van der Waals surface area contributed by atoms with Crippen molar-refractivity contribution in [2.24, 2.45) is 0 Å². The van der Waals surface area contributed by atoms with E-state index in [1.807, 2.05) is 0 Å². The van der Waals surface area contributed by atoms with Crippen LogP contribution in [0.15, 0.2) is 24.3 Å². The number of carbonyl (C=O) groups is 2. The van der Waals surface area contributed by atoms with Crippen molar-refractivity contribution in [3.8, 4) is 0 Å². The minimum atomic E-state index is -1.10. The second kappa shape index (κ2) is 6.02. The number of carboxylic acids is 1. The molecule has 2 atom stereocenters. The molecular formula is C14H17NO5. The maximum Gasteiger partial charge on any atom is 0.326 e. The van der Waals surface area contributed by atoms with E-state index in [-0.39, 0.29) is 25.5 Å². The SMILES string of the molecule is COCc1ccccc1C(=O)N1C[C@H](O)C[C@@H]1C(=O)O. The maximum atomic E-state index is 12.5. The highest BCUT2D eigenvalue weighted by Gasteiger charge is 2.39. The molecule has 1 amide bonds. The lowest BCUT2D eigenvalue weighted by Crippen LogP contribution is -2.41. The zero-order valence-corrected chi connectivity index (χ0v) is 11.2. The van der Waals surface area contributed by atoms with Crippen molar-refractivity contribution in [1.29, 1.82) is 0 Å². The van der Waals surface area contributed by atoms with Gasteiger partial charge < -0.3 is 19.8 Å².